The number of hydrogen-bond donors (Lipinski definition) is 1. The van der Waals surface area contributed by atoms with Crippen LogP contribution in [-0.2, 0) is 11.8 Å². The molecule has 1 atom stereocenters. The summed E-state index contributed by atoms with van der Waals surface area (Å²) in [6.45, 7) is 1.52. The molecule has 0 aliphatic rings. The fourth-order valence-corrected chi connectivity index (χ4v) is 3.18. The lowest BCUT2D eigenvalue weighted by atomic mass is 10.2. The van der Waals surface area contributed by atoms with Gasteiger partial charge in [-0.1, -0.05) is 23.9 Å². The van der Waals surface area contributed by atoms with Crippen molar-refractivity contribution in [3.8, 4) is 11.4 Å². The van der Waals surface area contributed by atoms with E-state index in [-0.39, 0.29) is 11.4 Å². The van der Waals surface area contributed by atoms with Crippen LogP contribution in [0.15, 0.2) is 41.6 Å². The van der Waals surface area contributed by atoms with E-state index in [0.29, 0.717) is 5.16 Å². The third-order valence-electron chi connectivity index (χ3n) is 3.89. The highest BCUT2D eigenvalue weighted by atomic mass is 32.2. The van der Waals surface area contributed by atoms with E-state index in [1.54, 1.807) is 25.2 Å². The van der Waals surface area contributed by atoms with Crippen molar-refractivity contribution in [2.45, 2.75) is 17.3 Å². The number of aromatic nitrogens is 3. The van der Waals surface area contributed by atoms with Crippen molar-refractivity contribution >= 4 is 23.4 Å². The number of anilines is 1. The van der Waals surface area contributed by atoms with Crippen LogP contribution in [0.1, 0.15) is 6.92 Å². The normalized spacial score (nSPS) is 12.1. The molecule has 0 bridgehead atoms. The Labute approximate surface area is 161 Å². The minimum absolute atomic E-state index is 0.255. The Balaban J connectivity index is 1.75. The summed E-state index contributed by atoms with van der Waals surface area (Å²) in [5, 5.41) is 9.66. The molecule has 2 aromatic carbocycles. The maximum absolute atomic E-state index is 14.0. The first-order valence-electron chi connectivity index (χ1n) is 8.05. The van der Waals surface area contributed by atoms with Crippen LogP contribution in [0.2, 0.25) is 0 Å². The molecule has 10 heteroatoms. The first-order valence-corrected chi connectivity index (χ1v) is 8.93. The van der Waals surface area contributed by atoms with Crippen LogP contribution in [0.3, 0.4) is 0 Å². The fourth-order valence-electron chi connectivity index (χ4n) is 2.36. The van der Waals surface area contributed by atoms with Crippen LogP contribution in [0.5, 0.6) is 0 Å². The largest absolute Gasteiger partial charge is 0.323 e. The molecule has 1 unspecified atom stereocenters. The summed E-state index contributed by atoms with van der Waals surface area (Å²) in [6.07, 6.45) is 0. The maximum atomic E-state index is 14.0. The Kier molecular flexibility index (Phi) is 5.68. The molecule has 0 radical (unpaired) electrons. The van der Waals surface area contributed by atoms with Crippen LogP contribution in [0.25, 0.3) is 11.4 Å². The van der Waals surface area contributed by atoms with Gasteiger partial charge in [0.25, 0.3) is 0 Å². The predicted octanol–water partition coefficient (Wildman–Crippen LogP) is 4.16. The molecular formula is C18H14F4N4OS. The zero-order chi connectivity index (χ0) is 20.4. The molecule has 1 N–H and O–H groups in total. The van der Waals surface area contributed by atoms with Crippen molar-refractivity contribution < 1.29 is 22.4 Å². The van der Waals surface area contributed by atoms with Gasteiger partial charge in [0.15, 0.2) is 28.4 Å². The number of carbonyl (C=O) groups is 1. The van der Waals surface area contributed by atoms with Gasteiger partial charge in [-0.05, 0) is 31.2 Å². The van der Waals surface area contributed by atoms with Gasteiger partial charge in [0, 0.05) is 7.05 Å². The highest BCUT2D eigenvalue weighted by Gasteiger charge is 2.22. The lowest BCUT2D eigenvalue weighted by Crippen LogP contribution is -2.23. The Bertz CT molecular complexity index is 1040. The Morgan fingerprint density at radius 2 is 1.75 bits per heavy atom. The monoisotopic (exact) mass is 410 g/mol. The molecule has 0 fully saturated rings. The van der Waals surface area contributed by atoms with Crippen LogP contribution < -0.4 is 5.32 Å². The lowest BCUT2D eigenvalue weighted by Gasteiger charge is -2.12. The van der Waals surface area contributed by atoms with Crippen molar-refractivity contribution in [1.82, 2.24) is 14.8 Å². The zero-order valence-corrected chi connectivity index (χ0v) is 15.5. The van der Waals surface area contributed by atoms with Gasteiger partial charge < -0.3 is 9.88 Å². The molecule has 28 heavy (non-hydrogen) atoms. The minimum atomic E-state index is -1.67. The van der Waals surface area contributed by atoms with Gasteiger partial charge in [-0.25, -0.2) is 17.6 Å². The number of benzene rings is 2. The summed E-state index contributed by atoms with van der Waals surface area (Å²) in [4.78, 5) is 12.3. The Hall–Kier alpha value is -2.88. The summed E-state index contributed by atoms with van der Waals surface area (Å²) < 4.78 is 55.4. The van der Waals surface area contributed by atoms with Crippen molar-refractivity contribution in [2.24, 2.45) is 7.05 Å². The topological polar surface area (TPSA) is 59.8 Å². The quantitative estimate of drug-likeness (QED) is 0.390. The second-order valence-electron chi connectivity index (χ2n) is 5.82. The van der Waals surface area contributed by atoms with Gasteiger partial charge in [-0.2, -0.15) is 0 Å². The first-order chi connectivity index (χ1) is 13.3. The summed E-state index contributed by atoms with van der Waals surface area (Å²) in [5.41, 5.74) is -0.216. The number of hydrogen-bond acceptors (Lipinski definition) is 4. The number of halogens is 4. The third kappa shape index (κ3) is 3.86. The standard InChI is InChI=1S/C18H14F4N4OS/c1-9(17(27)23-13-8-7-12(20)14(21)15(13)22)28-18-25-24-16(26(18)2)10-5-3-4-6-11(10)19/h3-9H,1-2H3,(H,23,27). The summed E-state index contributed by atoms with van der Waals surface area (Å²) in [7, 11) is 1.61. The van der Waals surface area contributed by atoms with Crippen molar-refractivity contribution in [1.29, 1.82) is 0 Å². The maximum Gasteiger partial charge on any atom is 0.237 e. The van der Waals surface area contributed by atoms with Gasteiger partial charge in [0.2, 0.25) is 5.91 Å². The lowest BCUT2D eigenvalue weighted by molar-refractivity contribution is -0.115. The van der Waals surface area contributed by atoms with Crippen LogP contribution >= 0.6 is 11.8 Å². The van der Waals surface area contributed by atoms with Gasteiger partial charge in [-0.15, -0.1) is 10.2 Å². The summed E-state index contributed by atoms with van der Waals surface area (Å²) in [6, 6.07) is 7.71. The molecule has 0 aliphatic carbocycles. The number of thioether (sulfide) groups is 1. The van der Waals surface area contributed by atoms with Crippen molar-refractivity contribution in [3.63, 3.8) is 0 Å². The molecule has 0 aliphatic heterocycles. The molecule has 0 spiro atoms. The van der Waals surface area contributed by atoms with Crippen LogP contribution in [-0.4, -0.2) is 25.9 Å². The van der Waals surface area contributed by atoms with E-state index in [2.05, 4.69) is 15.5 Å². The molecule has 0 saturated carbocycles. The van der Waals surface area contributed by atoms with E-state index in [9.17, 15) is 22.4 Å². The zero-order valence-electron chi connectivity index (χ0n) is 14.7. The molecule has 1 aromatic heterocycles. The van der Waals surface area contributed by atoms with Gasteiger partial charge >= 0.3 is 0 Å². The number of amides is 1. The fraction of sp³-hybridized carbons (Fsp3) is 0.167. The van der Waals surface area contributed by atoms with E-state index < -0.39 is 40.1 Å². The number of nitrogens with zero attached hydrogens (tertiary/aromatic N) is 3. The number of nitrogens with one attached hydrogen (secondary N) is 1. The second kappa shape index (κ2) is 8.01. The molecule has 5 nitrogen and oxygen atoms in total. The molecule has 3 rings (SSSR count). The van der Waals surface area contributed by atoms with E-state index in [1.165, 1.54) is 17.6 Å². The highest BCUT2D eigenvalue weighted by Crippen LogP contribution is 2.28. The molecule has 1 heterocycles. The molecule has 146 valence electrons. The van der Waals surface area contributed by atoms with Gasteiger partial charge in [0.05, 0.1) is 16.5 Å². The average Bonchev–Trinajstić information content (AvgIpc) is 3.02. The second-order valence-corrected chi connectivity index (χ2v) is 7.13. The first kappa shape index (κ1) is 19.9. The summed E-state index contributed by atoms with van der Waals surface area (Å²) in [5.74, 6) is -5.33. The molecule has 0 saturated heterocycles. The molecule has 3 aromatic rings. The van der Waals surface area contributed by atoms with Gasteiger partial charge in [-0.3, -0.25) is 4.79 Å². The average molecular weight is 410 g/mol. The summed E-state index contributed by atoms with van der Waals surface area (Å²) >= 11 is 0.997. The molecule has 1 amide bonds. The van der Waals surface area contributed by atoms with E-state index >= 15 is 0 Å². The van der Waals surface area contributed by atoms with E-state index in [1.807, 2.05) is 0 Å². The molecular weight excluding hydrogens is 396 g/mol. The minimum Gasteiger partial charge on any atom is -0.323 e. The smallest absolute Gasteiger partial charge is 0.237 e. The number of rotatable bonds is 5. The van der Waals surface area contributed by atoms with Crippen molar-refractivity contribution in [3.05, 3.63) is 59.7 Å². The van der Waals surface area contributed by atoms with Crippen LogP contribution in [0, 0.1) is 23.3 Å². The van der Waals surface area contributed by atoms with E-state index in [4.69, 9.17) is 0 Å². The third-order valence-corrected chi connectivity index (χ3v) is 5.03. The van der Waals surface area contributed by atoms with E-state index in [0.717, 1.165) is 23.9 Å². The van der Waals surface area contributed by atoms with Crippen molar-refractivity contribution in [2.75, 3.05) is 5.32 Å². The predicted molar refractivity (Wildman–Crippen MR) is 96.7 cm³/mol. The van der Waals surface area contributed by atoms with Crippen LogP contribution in [0.4, 0.5) is 23.2 Å². The van der Waals surface area contributed by atoms with Gasteiger partial charge in [0.1, 0.15) is 5.82 Å². The highest BCUT2D eigenvalue weighted by molar-refractivity contribution is 8.00. The number of carbonyl (C=O) groups excluding carboxylic acids is 1. The Morgan fingerprint density at radius 1 is 1.04 bits per heavy atom. The SMILES string of the molecule is CC(Sc1nnc(-c2ccccc2F)n1C)C(=O)Nc1ccc(F)c(F)c1F. The Morgan fingerprint density at radius 3 is 2.46 bits per heavy atom.